The topological polar surface area (TPSA) is 68.1 Å². The number of hydrogen-bond donors (Lipinski definition) is 0. The van der Waals surface area contributed by atoms with E-state index >= 15 is 0 Å². The molecule has 1 aliphatic heterocycles. The van der Waals surface area contributed by atoms with Gasteiger partial charge in [0.25, 0.3) is 0 Å². The Kier molecular flexibility index (Phi) is 4.77. The molecule has 1 unspecified atom stereocenters. The second-order valence-corrected chi connectivity index (χ2v) is 7.97. The van der Waals surface area contributed by atoms with Gasteiger partial charge in [0.2, 0.25) is 10.0 Å². The molecule has 1 aliphatic rings. The third kappa shape index (κ3) is 3.79. The maximum atomic E-state index is 12.7. The van der Waals surface area contributed by atoms with Crippen LogP contribution in [0.1, 0.15) is 30.7 Å². The highest BCUT2D eigenvalue weighted by Crippen LogP contribution is 2.26. The Morgan fingerprint density at radius 1 is 1.26 bits per heavy atom. The Bertz CT molecular complexity index is 742. The predicted molar refractivity (Wildman–Crippen MR) is 88.1 cm³/mol. The number of hydrogen-bond acceptors (Lipinski definition) is 4. The fourth-order valence-corrected chi connectivity index (χ4v) is 5.01. The van der Waals surface area contributed by atoms with Gasteiger partial charge >= 0.3 is 0 Å². The van der Waals surface area contributed by atoms with E-state index in [2.05, 4.69) is 10.2 Å². The normalized spacial score (nSPS) is 19.3. The van der Waals surface area contributed by atoms with E-state index in [4.69, 9.17) is 0 Å². The fraction of sp³-hybridized carbons (Fsp3) is 0.500. The smallest absolute Gasteiger partial charge is 0.218 e. The van der Waals surface area contributed by atoms with Crippen molar-refractivity contribution < 1.29 is 8.42 Å². The SMILES string of the molecule is Cn1cnnc1CCC1CCCN1S(=O)(=O)Cc1ccccc1. The molecule has 0 amide bonds. The maximum absolute atomic E-state index is 12.7. The Hall–Kier alpha value is -1.73. The van der Waals surface area contributed by atoms with Gasteiger partial charge in [0.1, 0.15) is 12.2 Å². The zero-order valence-electron chi connectivity index (χ0n) is 13.3. The summed E-state index contributed by atoms with van der Waals surface area (Å²) >= 11 is 0. The third-order valence-electron chi connectivity index (χ3n) is 4.38. The average Bonchev–Trinajstić information content (AvgIpc) is 3.15. The Morgan fingerprint density at radius 3 is 2.74 bits per heavy atom. The van der Waals surface area contributed by atoms with E-state index in [1.807, 2.05) is 41.9 Å². The number of aromatic nitrogens is 3. The molecule has 124 valence electrons. The Labute approximate surface area is 137 Å². The molecule has 0 N–H and O–H groups in total. The van der Waals surface area contributed by atoms with Crippen molar-refractivity contribution in [3.05, 3.63) is 48.0 Å². The van der Waals surface area contributed by atoms with Crippen molar-refractivity contribution in [3.63, 3.8) is 0 Å². The molecule has 1 aromatic carbocycles. The summed E-state index contributed by atoms with van der Waals surface area (Å²) < 4.78 is 29.0. The van der Waals surface area contributed by atoms with Gasteiger partial charge in [-0.3, -0.25) is 0 Å². The standard InChI is InChI=1S/C16H22N4O2S/c1-19-13-17-18-16(19)10-9-15-8-5-11-20(15)23(21,22)12-14-6-3-2-4-7-14/h2-4,6-7,13,15H,5,8-12H2,1H3. The summed E-state index contributed by atoms with van der Waals surface area (Å²) in [7, 11) is -1.36. The summed E-state index contributed by atoms with van der Waals surface area (Å²) in [5.74, 6) is 0.978. The highest BCUT2D eigenvalue weighted by atomic mass is 32.2. The van der Waals surface area contributed by atoms with Gasteiger partial charge in [0, 0.05) is 26.1 Å². The van der Waals surface area contributed by atoms with Crippen molar-refractivity contribution in [3.8, 4) is 0 Å². The molecular formula is C16H22N4O2S. The number of benzene rings is 1. The molecule has 0 spiro atoms. The summed E-state index contributed by atoms with van der Waals surface area (Å²) in [4.78, 5) is 0. The molecule has 0 radical (unpaired) electrons. The molecular weight excluding hydrogens is 312 g/mol. The third-order valence-corrected chi connectivity index (χ3v) is 6.27. The molecule has 1 aromatic heterocycles. The Morgan fingerprint density at radius 2 is 2.04 bits per heavy atom. The Balaban J connectivity index is 1.67. The lowest BCUT2D eigenvalue weighted by atomic mass is 10.1. The minimum absolute atomic E-state index is 0.0698. The van der Waals surface area contributed by atoms with Crippen LogP contribution in [0.3, 0.4) is 0 Å². The van der Waals surface area contributed by atoms with Crippen molar-refractivity contribution in [1.29, 1.82) is 0 Å². The van der Waals surface area contributed by atoms with Crippen molar-refractivity contribution in [2.45, 2.75) is 37.5 Å². The first kappa shape index (κ1) is 16.1. The lowest BCUT2D eigenvalue weighted by Crippen LogP contribution is -2.36. The van der Waals surface area contributed by atoms with Crippen molar-refractivity contribution in [2.24, 2.45) is 7.05 Å². The molecule has 0 aliphatic carbocycles. The van der Waals surface area contributed by atoms with Crippen LogP contribution in [0, 0.1) is 0 Å². The largest absolute Gasteiger partial charge is 0.321 e. The van der Waals surface area contributed by atoms with Crippen LogP contribution in [-0.2, 0) is 29.2 Å². The lowest BCUT2D eigenvalue weighted by molar-refractivity contribution is 0.367. The van der Waals surface area contributed by atoms with Crippen LogP contribution in [0.25, 0.3) is 0 Å². The van der Waals surface area contributed by atoms with Crippen LogP contribution in [0.4, 0.5) is 0 Å². The fourth-order valence-electron chi connectivity index (χ4n) is 3.16. The zero-order chi connectivity index (χ0) is 16.3. The van der Waals surface area contributed by atoms with Gasteiger partial charge in [-0.15, -0.1) is 10.2 Å². The van der Waals surface area contributed by atoms with Crippen LogP contribution in [-0.4, -0.2) is 40.1 Å². The molecule has 0 bridgehead atoms. The van der Waals surface area contributed by atoms with Crippen LogP contribution in [0.5, 0.6) is 0 Å². The van der Waals surface area contributed by atoms with Gasteiger partial charge in [-0.05, 0) is 24.8 Å². The quantitative estimate of drug-likeness (QED) is 0.807. The van der Waals surface area contributed by atoms with Gasteiger partial charge in [-0.25, -0.2) is 8.42 Å². The second-order valence-electron chi connectivity index (χ2n) is 6.05. The van der Waals surface area contributed by atoms with E-state index in [-0.39, 0.29) is 11.8 Å². The monoisotopic (exact) mass is 334 g/mol. The van der Waals surface area contributed by atoms with E-state index in [0.29, 0.717) is 6.54 Å². The van der Waals surface area contributed by atoms with Crippen LogP contribution >= 0.6 is 0 Å². The number of sulfonamides is 1. The van der Waals surface area contributed by atoms with Gasteiger partial charge in [-0.1, -0.05) is 30.3 Å². The number of rotatable bonds is 6. The minimum Gasteiger partial charge on any atom is -0.321 e. The molecule has 0 saturated carbocycles. The first-order valence-electron chi connectivity index (χ1n) is 7.92. The number of nitrogens with zero attached hydrogens (tertiary/aromatic N) is 4. The van der Waals surface area contributed by atoms with E-state index in [9.17, 15) is 8.42 Å². The summed E-state index contributed by atoms with van der Waals surface area (Å²) in [6, 6.07) is 9.45. The second kappa shape index (κ2) is 6.80. The average molecular weight is 334 g/mol. The lowest BCUT2D eigenvalue weighted by Gasteiger charge is -2.24. The highest BCUT2D eigenvalue weighted by Gasteiger charge is 2.33. The van der Waals surface area contributed by atoms with Crippen molar-refractivity contribution in [2.75, 3.05) is 6.54 Å². The summed E-state index contributed by atoms with van der Waals surface area (Å²) in [5.41, 5.74) is 0.839. The van der Waals surface area contributed by atoms with Gasteiger partial charge in [-0.2, -0.15) is 4.31 Å². The molecule has 6 nitrogen and oxygen atoms in total. The molecule has 3 rings (SSSR count). The summed E-state index contributed by atoms with van der Waals surface area (Å²) in [6.45, 7) is 0.624. The molecule has 1 fully saturated rings. The number of aryl methyl sites for hydroxylation is 2. The van der Waals surface area contributed by atoms with Gasteiger partial charge in [0.05, 0.1) is 5.75 Å². The van der Waals surface area contributed by atoms with E-state index < -0.39 is 10.0 Å². The molecule has 23 heavy (non-hydrogen) atoms. The van der Waals surface area contributed by atoms with Crippen molar-refractivity contribution >= 4 is 10.0 Å². The van der Waals surface area contributed by atoms with Crippen LogP contribution in [0.2, 0.25) is 0 Å². The molecule has 1 saturated heterocycles. The summed E-state index contributed by atoms with van der Waals surface area (Å²) in [6.07, 6.45) is 5.07. The van der Waals surface area contributed by atoms with E-state index in [1.54, 1.807) is 10.6 Å². The predicted octanol–water partition coefficient (Wildman–Crippen LogP) is 1.74. The first-order chi connectivity index (χ1) is 11.1. The first-order valence-corrected chi connectivity index (χ1v) is 9.53. The van der Waals surface area contributed by atoms with Crippen LogP contribution < -0.4 is 0 Å². The molecule has 2 heterocycles. The molecule has 2 aromatic rings. The van der Waals surface area contributed by atoms with Gasteiger partial charge < -0.3 is 4.57 Å². The van der Waals surface area contributed by atoms with Crippen molar-refractivity contribution in [1.82, 2.24) is 19.1 Å². The highest BCUT2D eigenvalue weighted by molar-refractivity contribution is 7.88. The summed E-state index contributed by atoms with van der Waals surface area (Å²) in [5, 5.41) is 7.95. The van der Waals surface area contributed by atoms with Gasteiger partial charge in [0.15, 0.2) is 0 Å². The van der Waals surface area contributed by atoms with E-state index in [1.165, 1.54) is 0 Å². The molecule has 1 atom stereocenters. The van der Waals surface area contributed by atoms with Crippen LogP contribution in [0.15, 0.2) is 36.7 Å². The minimum atomic E-state index is -3.27. The zero-order valence-corrected chi connectivity index (χ0v) is 14.1. The van der Waals surface area contributed by atoms with E-state index in [0.717, 1.165) is 37.1 Å². The maximum Gasteiger partial charge on any atom is 0.218 e. The molecule has 7 heteroatoms.